The van der Waals surface area contributed by atoms with Crippen LogP contribution < -0.4 is 5.73 Å². The molecule has 1 aliphatic rings. The van der Waals surface area contributed by atoms with Crippen molar-refractivity contribution in [1.29, 1.82) is 0 Å². The van der Waals surface area contributed by atoms with Crippen LogP contribution in [-0.2, 0) is 16.2 Å². The van der Waals surface area contributed by atoms with Gasteiger partial charge < -0.3 is 5.73 Å². The van der Waals surface area contributed by atoms with Gasteiger partial charge in [0.15, 0.2) is 0 Å². The van der Waals surface area contributed by atoms with Crippen molar-refractivity contribution < 1.29 is 21.6 Å². The number of alkyl halides is 3. The number of piperidine rings is 1. The standard InChI is InChI=1S/C12H14BrF3N2O2S/c13-9-4-8(12(14,15)16)5-11(6-9)21(19,20)18-3-1-2-10(17)7-18/h4-6,10H,1-3,7,17H2. The molecule has 1 atom stereocenters. The average Bonchev–Trinajstić information content (AvgIpc) is 2.37. The Morgan fingerprint density at radius 1 is 1.29 bits per heavy atom. The van der Waals surface area contributed by atoms with E-state index in [1.54, 1.807) is 0 Å². The van der Waals surface area contributed by atoms with Gasteiger partial charge >= 0.3 is 6.18 Å². The molecule has 0 aromatic heterocycles. The summed E-state index contributed by atoms with van der Waals surface area (Å²) in [4.78, 5) is -0.377. The van der Waals surface area contributed by atoms with Crippen molar-refractivity contribution in [3.63, 3.8) is 0 Å². The minimum atomic E-state index is -4.60. The van der Waals surface area contributed by atoms with Gasteiger partial charge in [-0.15, -0.1) is 0 Å². The van der Waals surface area contributed by atoms with Gasteiger partial charge in [0, 0.05) is 23.6 Å². The highest BCUT2D eigenvalue weighted by Gasteiger charge is 2.34. The average molecular weight is 387 g/mol. The first-order valence-electron chi connectivity index (χ1n) is 6.24. The molecule has 4 nitrogen and oxygen atoms in total. The molecule has 0 amide bonds. The summed E-state index contributed by atoms with van der Waals surface area (Å²) in [5.74, 6) is 0. The molecule has 1 aromatic rings. The molecule has 1 aliphatic heterocycles. The summed E-state index contributed by atoms with van der Waals surface area (Å²) in [6.07, 6.45) is -3.30. The number of halogens is 4. The van der Waals surface area contributed by atoms with Gasteiger partial charge in [-0.25, -0.2) is 8.42 Å². The molecule has 1 aromatic carbocycles. The van der Waals surface area contributed by atoms with E-state index in [0.717, 1.165) is 10.4 Å². The number of nitrogens with two attached hydrogens (primary N) is 1. The van der Waals surface area contributed by atoms with Crippen molar-refractivity contribution in [1.82, 2.24) is 4.31 Å². The Labute approximate surface area is 129 Å². The molecular weight excluding hydrogens is 373 g/mol. The first kappa shape index (κ1) is 16.7. The van der Waals surface area contributed by atoms with Gasteiger partial charge in [-0.1, -0.05) is 15.9 Å². The summed E-state index contributed by atoms with van der Waals surface area (Å²) in [6.45, 7) is 0.389. The van der Waals surface area contributed by atoms with Crippen molar-refractivity contribution >= 4 is 26.0 Å². The third-order valence-corrected chi connectivity index (χ3v) is 5.56. The zero-order chi connectivity index (χ0) is 15.8. The second-order valence-corrected chi connectivity index (χ2v) is 7.79. The van der Waals surface area contributed by atoms with Crippen LogP contribution in [-0.4, -0.2) is 31.9 Å². The van der Waals surface area contributed by atoms with Crippen molar-refractivity contribution in [2.24, 2.45) is 5.73 Å². The Kier molecular flexibility index (Phi) is 4.67. The Balaban J connectivity index is 2.42. The van der Waals surface area contributed by atoms with Crippen LogP contribution >= 0.6 is 15.9 Å². The highest BCUT2D eigenvalue weighted by Crippen LogP contribution is 2.34. The lowest BCUT2D eigenvalue weighted by Gasteiger charge is -2.30. The highest BCUT2D eigenvalue weighted by molar-refractivity contribution is 9.10. The van der Waals surface area contributed by atoms with Gasteiger partial charge in [-0.3, -0.25) is 0 Å². The molecular formula is C12H14BrF3N2O2S. The molecule has 21 heavy (non-hydrogen) atoms. The van der Waals surface area contributed by atoms with Crippen LogP contribution in [0.3, 0.4) is 0 Å². The summed E-state index contributed by atoms with van der Waals surface area (Å²) in [7, 11) is -3.98. The second kappa shape index (κ2) is 5.86. The van der Waals surface area contributed by atoms with Crippen molar-refractivity contribution in [2.75, 3.05) is 13.1 Å². The molecule has 0 bridgehead atoms. The lowest BCUT2D eigenvalue weighted by molar-refractivity contribution is -0.137. The molecule has 1 unspecified atom stereocenters. The van der Waals surface area contributed by atoms with E-state index in [1.165, 1.54) is 6.07 Å². The Hall–Kier alpha value is -0.640. The molecule has 2 N–H and O–H groups in total. The molecule has 9 heteroatoms. The maximum Gasteiger partial charge on any atom is 0.416 e. The van der Waals surface area contributed by atoms with Crippen molar-refractivity contribution in [2.45, 2.75) is 30.0 Å². The number of nitrogens with zero attached hydrogens (tertiary/aromatic N) is 1. The topological polar surface area (TPSA) is 63.4 Å². The minimum absolute atomic E-state index is 0.0669. The first-order chi connectivity index (χ1) is 9.60. The fourth-order valence-electron chi connectivity index (χ4n) is 2.22. The lowest BCUT2D eigenvalue weighted by atomic mass is 10.1. The second-order valence-electron chi connectivity index (χ2n) is 4.94. The lowest BCUT2D eigenvalue weighted by Crippen LogP contribution is -2.45. The van der Waals surface area contributed by atoms with Gasteiger partial charge in [0.2, 0.25) is 10.0 Å². The molecule has 1 saturated heterocycles. The van der Waals surface area contributed by atoms with Gasteiger partial charge in [-0.2, -0.15) is 17.5 Å². The number of hydrogen-bond acceptors (Lipinski definition) is 3. The number of benzene rings is 1. The summed E-state index contributed by atoms with van der Waals surface area (Å²) in [6, 6.07) is 2.38. The molecule has 2 rings (SSSR count). The molecule has 0 saturated carbocycles. The van der Waals surface area contributed by atoms with Crippen LogP contribution in [0.5, 0.6) is 0 Å². The predicted molar refractivity (Wildman–Crippen MR) is 75.1 cm³/mol. The summed E-state index contributed by atoms with van der Waals surface area (Å²) in [5.41, 5.74) is 4.73. The van der Waals surface area contributed by atoms with Crippen molar-refractivity contribution in [3.8, 4) is 0 Å². The zero-order valence-corrected chi connectivity index (χ0v) is 13.3. The number of sulfonamides is 1. The van der Waals surface area contributed by atoms with Crippen LogP contribution in [0.25, 0.3) is 0 Å². The number of hydrogen-bond donors (Lipinski definition) is 1. The van der Waals surface area contributed by atoms with E-state index in [9.17, 15) is 21.6 Å². The summed E-state index contributed by atoms with van der Waals surface area (Å²) in [5, 5.41) is 0. The van der Waals surface area contributed by atoms with E-state index >= 15 is 0 Å². The van der Waals surface area contributed by atoms with Crippen molar-refractivity contribution in [3.05, 3.63) is 28.2 Å². The molecule has 0 aliphatic carbocycles. The monoisotopic (exact) mass is 386 g/mol. The quantitative estimate of drug-likeness (QED) is 0.849. The SMILES string of the molecule is NC1CCCN(S(=O)(=O)c2cc(Br)cc(C(F)(F)F)c2)C1. The Morgan fingerprint density at radius 2 is 1.95 bits per heavy atom. The minimum Gasteiger partial charge on any atom is -0.327 e. The first-order valence-corrected chi connectivity index (χ1v) is 8.47. The molecule has 0 spiro atoms. The third-order valence-electron chi connectivity index (χ3n) is 3.26. The molecule has 1 fully saturated rings. The van der Waals surface area contributed by atoms with Gasteiger partial charge in [0.25, 0.3) is 0 Å². The van der Waals surface area contributed by atoms with E-state index in [4.69, 9.17) is 5.73 Å². The summed E-state index contributed by atoms with van der Waals surface area (Å²) >= 11 is 2.93. The normalized spacial score (nSPS) is 21.5. The zero-order valence-electron chi connectivity index (χ0n) is 10.9. The molecule has 1 heterocycles. The maximum absolute atomic E-state index is 12.8. The molecule has 118 valence electrons. The van der Waals surface area contributed by atoms with Crippen LogP contribution in [0, 0.1) is 0 Å². The van der Waals surface area contributed by atoms with E-state index in [0.29, 0.717) is 18.9 Å². The fourth-order valence-corrected chi connectivity index (χ4v) is 4.47. The van der Waals surface area contributed by atoms with Gasteiger partial charge in [0.1, 0.15) is 0 Å². The largest absolute Gasteiger partial charge is 0.416 e. The van der Waals surface area contributed by atoms with Crippen LogP contribution in [0.1, 0.15) is 18.4 Å². The predicted octanol–water partition coefficient (Wildman–Crippen LogP) is 2.58. The van der Waals surface area contributed by atoms with E-state index in [-0.39, 0.29) is 28.5 Å². The van der Waals surface area contributed by atoms with Crippen LogP contribution in [0.2, 0.25) is 0 Å². The third kappa shape index (κ3) is 3.77. The van der Waals surface area contributed by atoms with Crippen LogP contribution in [0.4, 0.5) is 13.2 Å². The summed E-state index contributed by atoms with van der Waals surface area (Å²) < 4.78 is 64.5. The highest BCUT2D eigenvalue weighted by atomic mass is 79.9. The Bertz CT molecular complexity index is 634. The van der Waals surface area contributed by atoms with E-state index < -0.39 is 21.8 Å². The van der Waals surface area contributed by atoms with E-state index in [1.807, 2.05) is 0 Å². The fraction of sp³-hybridized carbons (Fsp3) is 0.500. The van der Waals surface area contributed by atoms with Gasteiger partial charge in [-0.05, 0) is 31.0 Å². The van der Waals surface area contributed by atoms with Crippen LogP contribution in [0.15, 0.2) is 27.6 Å². The Morgan fingerprint density at radius 3 is 2.52 bits per heavy atom. The van der Waals surface area contributed by atoms with Gasteiger partial charge in [0.05, 0.1) is 10.5 Å². The smallest absolute Gasteiger partial charge is 0.327 e. The number of rotatable bonds is 2. The molecule has 0 radical (unpaired) electrons. The van der Waals surface area contributed by atoms with E-state index in [2.05, 4.69) is 15.9 Å². The maximum atomic E-state index is 12.8.